The first-order valence-electron chi connectivity index (χ1n) is 9.89. The fraction of sp³-hybridized carbons (Fsp3) is 0.619. The van der Waals surface area contributed by atoms with Crippen molar-refractivity contribution in [3.8, 4) is 0 Å². The molecule has 0 aliphatic heterocycles. The summed E-state index contributed by atoms with van der Waals surface area (Å²) in [5, 5.41) is 6.45. The number of hydrogen-bond acceptors (Lipinski definition) is 3. The van der Waals surface area contributed by atoms with Crippen LogP contribution in [0.5, 0.6) is 0 Å². The van der Waals surface area contributed by atoms with Crippen molar-refractivity contribution >= 4 is 41.7 Å². The highest BCUT2D eigenvalue weighted by Crippen LogP contribution is 2.35. The molecular formula is C21H35IN4O2. The quantitative estimate of drug-likeness (QED) is 0.339. The van der Waals surface area contributed by atoms with Crippen molar-refractivity contribution in [1.29, 1.82) is 0 Å². The monoisotopic (exact) mass is 502 g/mol. The number of carbonyl (C=O) groups is 1. The minimum absolute atomic E-state index is 0. The summed E-state index contributed by atoms with van der Waals surface area (Å²) in [4.78, 5) is 19.1. The van der Waals surface area contributed by atoms with E-state index in [-0.39, 0.29) is 36.1 Å². The average Bonchev–Trinajstić information content (AvgIpc) is 3.38. The Kier molecular flexibility index (Phi) is 9.53. The zero-order valence-corrected chi connectivity index (χ0v) is 20.3. The highest BCUT2D eigenvalue weighted by Gasteiger charge is 2.37. The second-order valence-corrected chi connectivity index (χ2v) is 7.93. The van der Waals surface area contributed by atoms with Gasteiger partial charge < -0.3 is 15.4 Å². The summed E-state index contributed by atoms with van der Waals surface area (Å²) in [6.07, 6.45) is 1.79. The summed E-state index contributed by atoms with van der Waals surface area (Å²) in [7, 11) is 0. The Morgan fingerprint density at radius 1 is 1.21 bits per heavy atom. The highest BCUT2D eigenvalue weighted by atomic mass is 127. The summed E-state index contributed by atoms with van der Waals surface area (Å²) in [6.45, 7) is 14.1. The summed E-state index contributed by atoms with van der Waals surface area (Å²) >= 11 is 0. The van der Waals surface area contributed by atoms with E-state index in [0.717, 1.165) is 48.7 Å². The average molecular weight is 502 g/mol. The van der Waals surface area contributed by atoms with Gasteiger partial charge in [0.1, 0.15) is 5.60 Å². The van der Waals surface area contributed by atoms with Crippen LogP contribution in [0.3, 0.4) is 0 Å². The third-order valence-electron chi connectivity index (χ3n) is 4.13. The topological polar surface area (TPSA) is 66.0 Å². The van der Waals surface area contributed by atoms with Crippen LogP contribution in [0.2, 0.25) is 0 Å². The van der Waals surface area contributed by atoms with E-state index in [9.17, 15) is 4.79 Å². The minimum Gasteiger partial charge on any atom is -0.443 e. The molecule has 158 valence electrons. The van der Waals surface area contributed by atoms with Gasteiger partial charge in [-0.3, -0.25) is 4.90 Å². The first kappa shape index (κ1) is 24.5. The first-order chi connectivity index (χ1) is 12.7. The molecule has 0 aromatic heterocycles. The Balaban J connectivity index is 0.00000392. The maximum Gasteiger partial charge on any atom is 0.415 e. The van der Waals surface area contributed by atoms with Gasteiger partial charge in [-0.25, -0.2) is 9.79 Å². The molecule has 28 heavy (non-hydrogen) atoms. The summed E-state index contributed by atoms with van der Waals surface area (Å²) in [5.41, 5.74) is 2.61. The van der Waals surface area contributed by atoms with Gasteiger partial charge in [-0.15, -0.1) is 24.0 Å². The number of halogens is 1. The van der Waals surface area contributed by atoms with Crippen molar-refractivity contribution in [2.45, 2.75) is 72.6 Å². The highest BCUT2D eigenvalue weighted by molar-refractivity contribution is 14.0. The fourth-order valence-electron chi connectivity index (χ4n) is 2.85. The molecule has 0 unspecified atom stereocenters. The molecule has 0 radical (unpaired) electrons. The number of nitrogens with one attached hydrogen (secondary N) is 2. The van der Waals surface area contributed by atoms with Crippen LogP contribution >= 0.6 is 24.0 Å². The summed E-state index contributed by atoms with van der Waals surface area (Å²) in [6, 6.07) is 6.41. The largest absolute Gasteiger partial charge is 0.443 e. The van der Waals surface area contributed by atoms with Crippen LogP contribution in [0.1, 0.15) is 58.6 Å². The van der Waals surface area contributed by atoms with E-state index in [0.29, 0.717) is 6.54 Å². The van der Waals surface area contributed by atoms with Gasteiger partial charge in [0, 0.05) is 19.1 Å². The SMILES string of the molecule is CCNC(=NCc1ccc(N(C(=O)OC(C)(C)C)C2CC2)c(C)c1)NCC.I. The third-order valence-corrected chi connectivity index (χ3v) is 4.13. The number of benzene rings is 1. The number of carbonyl (C=O) groups excluding carboxylic acids is 1. The molecular weight excluding hydrogens is 467 g/mol. The van der Waals surface area contributed by atoms with Gasteiger partial charge in [0.05, 0.1) is 12.2 Å². The third kappa shape index (κ3) is 7.48. The van der Waals surface area contributed by atoms with Gasteiger partial charge in [-0.05, 0) is 71.6 Å². The molecule has 1 aromatic carbocycles. The Morgan fingerprint density at radius 2 is 1.82 bits per heavy atom. The van der Waals surface area contributed by atoms with Crippen LogP contribution in [-0.4, -0.2) is 36.8 Å². The van der Waals surface area contributed by atoms with Gasteiger partial charge in [0.25, 0.3) is 0 Å². The molecule has 1 aromatic rings. The number of aryl methyl sites for hydroxylation is 1. The number of amides is 1. The van der Waals surface area contributed by atoms with Crippen LogP contribution in [0, 0.1) is 6.92 Å². The van der Waals surface area contributed by atoms with E-state index in [2.05, 4.69) is 35.5 Å². The second kappa shape index (κ2) is 10.9. The Hall–Kier alpha value is -1.51. The lowest BCUT2D eigenvalue weighted by Gasteiger charge is -2.28. The number of aliphatic imine (C=N–C) groups is 1. The zero-order valence-electron chi connectivity index (χ0n) is 18.0. The first-order valence-corrected chi connectivity index (χ1v) is 9.89. The van der Waals surface area contributed by atoms with Crippen molar-refractivity contribution in [2.75, 3.05) is 18.0 Å². The second-order valence-electron chi connectivity index (χ2n) is 7.93. The number of guanidine groups is 1. The Bertz CT molecular complexity index is 673. The van der Waals surface area contributed by atoms with Gasteiger partial charge in [-0.1, -0.05) is 12.1 Å². The Labute approximate surface area is 186 Å². The molecule has 2 rings (SSSR count). The van der Waals surface area contributed by atoms with Crippen molar-refractivity contribution in [1.82, 2.24) is 10.6 Å². The summed E-state index contributed by atoms with van der Waals surface area (Å²) in [5.74, 6) is 0.815. The number of anilines is 1. The lowest BCUT2D eigenvalue weighted by molar-refractivity contribution is 0.0577. The molecule has 0 spiro atoms. The predicted octanol–water partition coefficient (Wildman–Crippen LogP) is 4.59. The van der Waals surface area contributed by atoms with E-state index in [1.165, 1.54) is 0 Å². The van der Waals surface area contributed by atoms with Crippen molar-refractivity contribution in [3.63, 3.8) is 0 Å². The molecule has 1 saturated carbocycles. The molecule has 7 heteroatoms. The number of nitrogens with zero attached hydrogens (tertiary/aromatic N) is 2. The molecule has 0 atom stereocenters. The van der Waals surface area contributed by atoms with Crippen LogP contribution in [0.25, 0.3) is 0 Å². The lowest BCUT2D eigenvalue weighted by atomic mass is 10.1. The molecule has 6 nitrogen and oxygen atoms in total. The maximum absolute atomic E-state index is 12.7. The van der Waals surface area contributed by atoms with Gasteiger partial charge in [0.15, 0.2) is 5.96 Å². The van der Waals surface area contributed by atoms with Crippen LogP contribution in [0.4, 0.5) is 10.5 Å². The zero-order chi connectivity index (χ0) is 20.0. The molecule has 0 saturated heterocycles. The van der Waals surface area contributed by atoms with Crippen molar-refractivity contribution in [3.05, 3.63) is 29.3 Å². The van der Waals surface area contributed by atoms with E-state index in [4.69, 9.17) is 4.74 Å². The molecule has 0 bridgehead atoms. The minimum atomic E-state index is -0.498. The van der Waals surface area contributed by atoms with Crippen LogP contribution in [-0.2, 0) is 11.3 Å². The lowest BCUT2D eigenvalue weighted by Crippen LogP contribution is -2.38. The molecule has 2 N–H and O–H groups in total. The smallest absolute Gasteiger partial charge is 0.415 e. The van der Waals surface area contributed by atoms with Gasteiger partial charge in [0.2, 0.25) is 0 Å². The number of ether oxygens (including phenoxy) is 1. The molecule has 0 heterocycles. The van der Waals surface area contributed by atoms with Gasteiger partial charge in [-0.2, -0.15) is 0 Å². The van der Waals surface area contributed by atoms with Crippen molar-refractivity contribution in [2.24, 2.45) is 4.99 Å². The van der Waals surface area contributed by atoms with Crippen molar-refractivity contribution < 1.29 is 9.53 Å². The molecule has 1 amide bonds. The van der Waals surface area contributed by atoms with E-state index < -0.39 is 5.60 Å². The summed E-state index contributed by atoms with van der Waals surface area (Å²) < 4.78 is 5.62. The molecule has 1 fully saturated rings. The fourth-order valence-corrected chi connectivity index (χ4v) is 2.85. The maximum atomic E-state index is 12.7. The standard InChI is InChI=1S/C21H34N4O2.HI/c1-7-22-19(23-8-2)24-14-16-9-12-18(15(3)13-16)25(17-10-11-17)20(26)27-21(4,5)6;/h9,12-13,17H,7-8,10-11,14H2,1-6H3,(H2,22,23,24);1H. The van der Waals surface area contributed by atoms with E-state index in [1.54, 1.807) is 0 Å². The number of hydrogen-bond donors (Lipinski definition) is 2. The molecule has 1 aliphatic rings. The number of rotatable bonds is 6. The van der Waals surface area contributed by atoms with E-state index in [1.807, 2.05) is 44.7 Å². The van der Waals surface area contributed by atoms with Crippen LogP contribution in [0.15, 0.2) is 23.2 Å². The Morgan fingerprint density at radius 3 is 2.29 bits per heavy atom. The van der Waals surface area contributed by atoms with Gasteiger partial charge >= 0.3 is 6.09 Å². The van der Waals surface area contributed by atoms with E-state index >= 15 is 0 Å². The molecule has 1 aliphatic carbocycles. The predicted molar refractivity (Wildman–Crippen MR) is 127 cm³/mol. The van der Waals surface area contributed by atoms with Crippen LogP contribution < -0.4 is 15.5 Å². The normalized spacial score (nSPS) is 13.2.